The molecule has 1 aliphatic heterocycles. The average molecular weight is 331 g/mol. The lowest BCUT2D eigenvalue weighted by atomic mass is 10.2. The highest BCUT2D eigenvalue weighted by molar-refractivity contribution is 7.99. The zero-order valence-corrected chi connectivity index (χ0v) is 13.9. The monoisotopic (exact) mass is 331 g/mol. The van der Waals surface area contributed by atoms with Crippen molar-refractivity contribution in [1.82, 2.24) is 25.6 Å². The average Bonchev–Trinajstić information content (AvgIpc) is 3.06. The van der Waals surface area contributed by atoms with Gasteiger partial charge in [-0.2, -0.15) is 11.8 Å². The summed E-state index contributed by atoms with van der Waals surface area (Å²) in [5.41, 5.74) is 1.71. The van der Waals surface area contributed by atoms with Gasteiger partial charge >= 0.3 is 0 Å². The molecule has 1 aliphatic rings. The smallest absolute Gasteiger partial charge is 0.222 e. The van der Waals surface area contributed by atoms with E-state index in [-0.39, 0.29) is 18.0 Å². The maximum Gasteiger partial charge on any atom is 0.222 e. The van der Waals surface area contributed by atoms with E-state index in [4.69, 9.17) is 0 Å². The molecule has 3 rings (SSSR count). The second kappa shape index (κ2) is 7.61. The third-order valence-electron chi connectivity index (χ3n) is 3.78. The van der Waals surface area contributed by atoms with E-state index in [1.165, 1.54) is 0 Å². The number of carbonyl (C=O) groups is 1. The van der Waals surface area contributed by atoms with E-state index in [0.29, 0.717) is 6.42 Å². The number of para-hydroxylation sites is 1. The Hall–Kier alpha value is -1.86. The Bertz CT molecular complexity index is 639. The van der Waals surface area contributed by atoms with Crippen molar-refractivity contribution in [3.63, 3.8) is 0 Å². The van der Waals surface area contributed by atoms with Gasteiger partial charge in [-0.1, -0.05) is 23.4 Å². The fourth-order valence-electron chi connectivity index (χ4n) is 2.53. The van der Waals surface area contributed by atoms with Gasteiger partial charge in [-0.05, 0) is 19.1 Å². The van der Waals surface area contributed by atoms with Crippen LogP contribution in [0.2, 0.25) is 0 Å². The Morgan fingerprint density at radius 2 is 2.30 bits per heavy atom. The van der Waals surface area contributed by atoms with Gasteiger partial charge < -0.3 is 10.6 Å². The molecule has 1 aromatic heterocycles. The minimum Gasteiger partial charge on any atom is -0.348 e. The minimum absolute atomic E-state index is 0.0479. The van der Waals surface area contributed by atoms with Gasteiger partial charge in [-0.15, -0.1) is 5.10 Å². The number of rotatable bonds is 5. The summed E-state index contributed by atoms with van der Waals surface area (Å²) in [6.07, 6.45) is 2.36. The summed E-state index contributed by atoms with van der Waals surface area (Å²) in [5, 5.41) is 14.7. The van der Waals surface area contributed by atoms with Crippen LogP contribution in [0.4, 0.5) is 0 Å². The summed E-state index contributed by atoms with van der Waals surface area (Å²) in [4.78, 5) is 12.2. The molecule has 7 heteroatoms. The van der Waals surface area contributed by atoms with Crippen LogP contribution in [0.15, 0.2) is 36.5 Å². The van der Waals surface area contributed by atoms with E-state index in [9.17, 15) is 4.79 Å². The first kappa shape index (κ1) is 16.0. The maximum atomic E-state index is 12.2. The van der Waals surface area contributed by atoms with Crippen LogP contribution in [0.25, 0.3) is 5.69 Å². The van der Waals surface area contributed by atoms with Crippen molar-refractivity contribution in [2.45, 2.75) is 25.4 Å². The molecule has 6 nitrogen and oxygen atoms in total. The highest BCUT2D eigenvalue weighted by Gasteiger charge is 2.19. The number of nitrogens with one attached hydrogen (secondary N) is 2. The molecule has 2 N–H and O–H groups in total. The van der Waals surface area contributed by atoms with Crippen molar-refractivity contribution < 1.29 is 4.79 Å². The number of thioether (sulfide) groups is 1. The van der Waals surface area contributed by atoms with Crippen molar-refractivity contribution in [2.24, 2.45) is 0 Å². The standard InChI is InChI=1S/C16H21N5OS/c1-12(18-16(22)9-13-11-23-8-7-17-13)15-10-21(20-19-15)14-5-3-2-4-6-14/h2-6,10,12-13,17H,7-9,11H2,1H3,(H,18,22). The number of amides is 1. The zero-order valence-electron chi connectivity index (χ0n) is 13.1. The van der Waals surface area contributed by atoms with Gasteiger partial charge in [0.25, 0.3) is 0 Å². The topological polar surface area (TPSA) is 71.8 Å². The van der Waals surface area contributed by atoms with Crippen LogP contribution in [-0.4, -0.2) is 45.0 Å². The highest BCUT2D eigenvalue weighted by Crippen LogP contribution is 2.14. The van der Waals surface area contributed by atoms with Crippen molar-refractivity contribution in [3.8, 4) is 5.69 Å². The zero-order chi connectivity index (χ0) is 16.1. The molecule has 0 aliphatic carbocycles. The lowest BCUT2D eigenvalue weighted by Crippen LogP contribution is -2.41. The normalized spacial score (nSPS) is 19.3. The number of hydrogen-bond donors (Lipinski definition) is 2. The van der Waals surface area contributed by atoms with Crippen LogP contribution in [0.1, 0.15) is 25.1 Å². The second-order valence-electron chi connectivity index (χ2n) is 5.64. The van der Waals surface area contributed by atoms with Crippen LogP contribution < -0.4 is 10.6 Å². The van der Waals surface area contributed by atoms with Crippen LogP contribution in [0.5, 0.6) is 0 Å². The summed E-state index contributed by atoms with van der Waals surface area (Å²) in [6.45, 7) is 2.91. The van der Waals surface area contributed by atoms with Gasteiger partial charge in [0.05, 0.1) is 17.9 Å². The second-order valence-corrected chi connectivity index (χ2v) is 6.79. The van der Waals surface area contributed by atoms with E-state index >= 15 is 0 Å². The first-order valence-electron chi connectivity index (χ1n) is 7.80. The highest BCUT2D eigenvalue weighted by atomic mass is 32.2. The molecule has 1 fully saturated rings. The van der Waals surface area contributed by atoms with Gasteiger partial charge in [0, 0.05) is 30.5 Å². The molecule has 0 saturated carbocycles. The third kappa shape index (κ3) is 4.33. The van der Waals surface area contributed by atoms with E-state index < -0.39 is 0 Å². The summed E-state index contributed by atoms with van der Waals surface area (Å²) in [5.74, 6) is 2.16. The molecule has 0 radical (unpaired) electrons. The fraction of sp³-hybridized carbons (Fsp3) is 0.438. The van der Waals surface area contributed by atoms with Gasteiger partial charge in [0.15, 0.2) is 0 Å². The summed E-state index contributed by atoms with van der Waals surface area (Å²) < 4.78 is 1.72. The molecule has 2 heterocycles. The molecule has 122 valence electrons. The van der Waals surface area contributed by atoms with Crippen molar-refractivity contribution >= 4 is 17.7 Å². The predicted molar refractivity (Wildman–Crippen MR) is 91.6 cm³/mol. The first-order valence-corrected chi connectivity index (χ1v) is 8.96. The molecule has 2 unspecified atom stereocenters. The molecule has 2 atom stereocenters. The molecule has 0 bridgehead atoms. The van der Waals surface area contributed by atoms with E-state index in [0.717, 1.165) is 29.4 Å². The fourth-order valence-corrected chi connectivity index (χ4v) is 3.48. The lowest BCUT2D eigenvalue weighted by molar-refractivity contribution is -0.122. The Morgan fingerprint density at radius 3 is 3.04 bits per heavy atom. The molecule has 0 spiro atoms. The predicted octanol–water partition coefficient (Wildman–Crippen LogP) is 1.54. The number of aromatic nitrogens is 3. The van der Waals surface area contributed by atoms with Gasteiger partial charge in [0.2, 0.25) is 5.91 Å². The Kier molecular flexibility index (Phi) is 5.30. The largest absolute Gasteiger partial charge is 0.348 e. The third-order valence-corrected chi connectivity index (χ3v) is 4.91. The van der Waals surface area contributed by atoms with Crippen molar-refractivity contribution in [1.29, 1.82) is 0 Å². The van der Waals surface area contributed by atoms with Crippen molar-refractivity contribution in [3.05, 3.63) is 42.2 Å². The lowest BCUT2D eigenvalue weighted by Gasteiger charge is -2.23. The summed E-state index contributed by atoms with van der Waals surface area (Å²) >= 11 is 1.89. The SMILES string of the molecule is CC(NC(=O)CC1CSCCN1)c1cn(-c2ccccc2)nn1. The van der Waals surface area contributed by atoms with Gasteiger partial charge in [0.1, 0.15) is 5.69 Å². The minimum atomic E-state index is -0.156. The van der Waals surface area contributed by atoms with E-state index in [2.05, 4.69) is 20.9 Å². The molecule has 1 aromatic carbocycles. The summed E-state index contributed by atoms with van der Waals surface area (Å²) in [6, 6.07) is 9.91. The Balaban J connectivity index is 1.56. The molecule has 1 saturated heterocycles. The number of benzene rings is 1. The first-order chi connectivity index (χ1) is 11.2. The maximum absolute atomic E-state index is 12.2. The molecular formula is C16H21N5OS. The molecule has 1 amide bonds. The van der Waals surface area contributed by atoms with E-state index in [1.807, 2.05) is 55.2 Å². The molecule has 23 heavy (non-hydrogen) atoms. The van der Waals surface area contributed by atoms with Crippen LogP contribution in [-0.2, 0) is 4.79 Å². The quantitative estimate of drug-likeness (QED) is 0.869. The van der Waals surface area contributed by atoms with Crippen LogP contribution in [0, 0.1) is 0 Å². The number of nitrogens with zero attached hydrogens (tertiary/aromatic N) is 3. The summed E-state index contributed by atoms with van der Waals surface area (Å²) in [7, 11) is 0. The van der Waals surface area contributed by atoms with E-state index in [1.54, 1.807) is 4.68 Å². The van der Waals surface area contributed by atoms with Crippen LogP contribution in [0.3, 0.4) is 0 Å². The number of carbonyl (C=O) groups excluding carboxylic acids is 1. The molecular weight excluding hydrogens is 310 g/mol. The number of hydrogen-bond acceptors (Lipinski definition) is 5. The molecule has 2 aromatic rings. The Morgan fingerprint density at radius 1 is 1.48 bits per heavy atom. The van der Waals surface area contributed by atoms with Crippen molar-refractivity contribution in [2.75, 3.05) is 18.1 Å². The van der Waals surface area contributed by atoms with Crippen LogP contribution >= 0.6 is 11.8 Å². The van der Waals surface area contributed by atoms with Gasteiger partial charge in [-0.25, -0.2) is 4.68 Å². The van der Waals surface area contributed by atoms with Gasteiger partial charge in [-0.3, -0.25) is 4.79 Å². The Labute approximate surface area is 140 Å².